The Morgan fingerprint density at radius 3 is 2.70 bits per heavy atom. The van der Waals surface area contributed by atoms with Crippen molar-refractivity contribution in [2.24, 2.45) is 5.73 Å². The summed E-state index contributed by atoms with van der Waals surface area (Å²) in [4.78, 5) is 34.4. The number of nitro benzene ring substituents is 1. The van der Waals surface area contributed by atoms with E-state index in [1.54, 1.807) is 12.1 Å². The topological polar surface area (TPSA) is 115 Å². The van der Waals surface area contributed by atoms with Gasteiger partial charge in [-0.05, 0) is 35.6 Å². The van der Waals surface area contributed by atoms with Crippen LogP contribution in [0.3, 0.4) is 0 Å². The van der Waals surface area contributed by atoms with E-state index in [9.17, 15) is 19.7 Å². The Hall–Kier alpha value is -2.74. The summed E-state index contributed by atoms with van der Waals surface area (Å²) in [6.45, 7) is 1.36. The van der Waals surface area contributed by atoms with Crippen molar-refractivity contribution in [3.8, 4) is 10.4 Å². The first kappa shape index (κ1) is 15.2. The lowest BCUT2D eigenvalue weighted by atomic mass is 9.89. The number of nitro groups is 1. The first-order valence-electron chi connectivity index (χ1n) is 6.89. The molecule has 2 aromatic rings. The minimum absolute atomic E-state index is 0.0426. The maximum atomic E-state index is 11.8. The largest absolute Gasteiger partial charge is 0.365 e. The average Bonchev–Trinajstić information content (AvgIpc) is 2.83. The van der Waals surface area contributed by atoms with E-state index in [1.807, 2.05) is 0 Å². The number of hydrogen-bond acceptors (Lipinski definition) is 5. The number of hydrogen-bond donors (Lipinski definition) is 2. The zero-order valence-electron chi connectivity index (χ0n) is 12.2. The molecule has 3 N–H and O–H groups in total. The number of fused-ring (bicyclic) bond motifs is 3. The van der Waals surface area contributed by atoms with Crippen LogP contribution in [0.2, 0.25) is 0 Å². The van der Waals surface area contributed by atoms with Crippen LogP contribution in [-0.2, 0) is 17.6 Å². The lowest BCUT2D eigenvalue weighted by Crippen LogP contribution is -2.17. The summed E-state index contributed by atoms with van der Waals surface area (Å²) in [6, 6.07) is 4.68. The van der Waals surface area contributed by atoms with Crippen LogP contribution in [0.1, 0.15) is 28.4 Å². The second-order valence-corrected chi connectivity index (χ2v) is 6.28. The third-order valence-corrected chi connectivity index (χ3v) is 4.91. The van der Waals surface area contributed by atoms with Gasteiger partial charge in [0.1, 0.15) is 5.00 Å². The molecule has 0 radical (unpaired) electrons. The zero-order valence-corrected chi connectivity index (χ0v) is 13.0. The van der Waals surface area contributed by atoms with E-state index in [-0.39, 0.29) is 11.6 Å². The highest BCUT2D eigenvalue weighted by atomic mass is 32.1. The van der Waals surface area contributed by atoms with Gasteiger partial charge >= 0.3 is 0 Å². The van der Waals surface area contributed by atoms with Gasteiger partial charge in [0.15, 0.2) is 0 Å². The Bertz CT molecular complexity index is 857. The van der Waals surface area contributed by atoms with Gasteiger partial charge in [0.05, 0.1) is 10.5 Å². The molecular weight excluding hydrogens is 318 g/mol. The van der Waals surface area contributed by atoms with Gasteiger partial charge in [-0.15, -0.1) is 11.3 Å². The van der Waals surface area contributed by atoms with Crippen LogP contribution in [0.15, 0.2) is 18.2 Å². The van der Waals surface area contributed by atoms with E-state index >= 15 is 0 Å². The molecule has 8 heteroatoms. The van der Waals surface area contributed by atoms with E-state index in [1.165, 1.54) is 24.3 Å². The van der Waals surface area contributed by atoms with Crippen LogP contribution in [0, 0.1) is 10.1 Å². The standard InChI is InChI=1S/C15H13N3O4S/c1-7(19)17-15-12(14(16)20)11-4-2-8-6-9(18(21)22)3-5-10(8)13(11)23-15/h3,5-6H,2,4H2,1H3,(H2,16,20)(H,17,19). The second-order valence-electron chi connectivity index (χ2n) is 5.26. The Morgan fingerprint density at radius 1 is 1.35 bits per heavy atom. The number of anilines is 1. The van der Waals surface area contributed by atoms with Gasteiger partial charge in [-0.3, -0.25) is 19.7 Å². The summed E-state index contributed by atoms with van der Waals surface area (Å²) in [5.41, 5.74) is 8.36. The lowest BCUT2D eigenvalue weighted by molar-refractivity contribution is -0.384. The van der Waals surface area contributed by atoms with Crippen molar-refractivity contribution < 1.29 is 14.5 Å². The zero-order chi connectivity index (χ0) is 16.7. The molecule has 3 rings (SSSR count). The van der Waals surface area contributed by atoms with E-state index in [4.69, 9.17) is 5.73 Å². The molecule has 118 valence electrons. The molecule has 0 unspecified atom stereocenters. The molecule has 1 heterocycles. The molecular formula is C15H13N3O4S. The lowest BCUT2D eigenvalue weighted by Gasteiger charge is -2.16. The highest BCUT2D eigenvalue weighted by molar-refractivity contribution is 7.20. The molecule has 0 aliphatic heterocycles. The number of carbonyl (C=O) groups is 2. The number of nitrogens with two attached hydrogens (primary N) is 1. The van der Waals surface area contributed by atoms with Crippen molar-refractivity contribution in [3.05, 3.63) is 45.0 Å². The summed E-state index contributed by atoms with van der Waals surface area (Å²) < 4.78 is 0. The van der Waals surface area contributed by atoms with E-state index in [0.717, 1.165) is 21.6 Å². The van der Waals surface area contributed by atoms with Gasteiger partial charge in [0, 0.05) is 23.9 Å². The highest BCUT2D eigenvalue weighted by Gasteiger charge is 2.28. The average molecular weight is 331 g/mol. The highest BCUT2D eigenvalue weighted by Crippen LogP contribution is 2.45. The van der Waals surface area contributed by atoms with Gasteiger partial charge in [0.2, 0.25) is 5.91 Å². The summed E-state index contributed by atoms with van der Waals surface area (Å²) >= 11 is 1.27. The van der Waals surface area contributed by atoms with Crippen LogP contribution in [0.5, 0.6) is 0 Å². The van der Waals surface area contributed by atoms with Crippen molar-refractivity contribution >= 4 is 33.8 Å². The summed E-state index contributed by atoms with van der Waals surface area (Å²) in [6.07, 6.45) is 1.14. The molecule has 0 spiro atoms. The van der Waals surface area contributed by atoms with Crippen LogP contribution < -0.4 is 11.1 Å². The molecule has 1 aliphatic carbocycles. The number of non-ortho nitro benzene ring substituents is 1. The Morgan fingerprint density at radius 2 is 2.09 bits per heavy atom. The van der Waals surface area contributed by atoms with Gasteiger partial charge in [0.25, 0.3) is 11.6 Å². The number of nitrogens with zero attached hydrogens (tertiary/aromatic N) is 1. The van der Waals surface area contributed by atoms with Crippen LogP contribution in [0.4, 0.5) is 10.7 Å². The van der Waals surface area contributed by atoms with E-state index < -0.39 is 10.8 Å². The second kappa shape index (κ2) is 5.47. The Kier molecular flexibility index (Phi) is 3.61. The molecule has 1 aromatic carbocycles. The molecule has 0 saturated carbocycles. The number of rotatable bonds is 3. The number of aryl methyl sites for hydroxylation is 1. The van der Waals surface area contributed by atoms with Gasteiger partial charge in [-0.25, -0.2) is 0 Å². The van der Waals surface area contributed by atoms with Crippen molar-refractivity contribution in [3.63, 3.8) is 0 Å². The van der Waals surface area contributed by atoms with Crippen LogP contribution >= 0.6 is 11.3 Å². The molecule has 0 atom stereocenters. The predicted molar refractivity (Wildman–Crippen MR) is 86.6 cm³/mol. The normalized spacial score (nSPS) is 12.2. The van der Waals surface area contributed by atoms with Crippen LogP contribution in [-0.4, -0.2) is 16.7 Å². The monoisotopic (exact) mass is 331 g/mol. The number of primary amides is 1. The number of amides is 2. The smallest absolute Gasteiger partial charge is 0.269 e. The summed E-state index contributed by atoms with van der Waals surface area (Å²) in [7, 11) is 0. The summed E-state index contributed by atoms with van der Waals surface area (Å²) in [5.74, 6) is -0.869. The van der Waals surface area contributed by atoms with Crippen molar-refractivity contribution in [2.45, 2.75) is 19.8 Å². The maximum Gasteiger partial charge on any atom is 0.269 e. The van der Waals surface area contributed by atoms with E-state index in [0.29, 0.717) is 23.4 Å². The fourth-order valence-electron chi connectivity index (χ4n) is 2.81. The number of nitrogens with one attached hydrogen (secondary N) is 1. The molecule has 0 fully saturated rings. The molecule has 2 amide bonds. The predicted octanol–water partition coefficient (Wildman–Crippen LogP) is 2.48. The third-order valence-electron chi connectivity index (χ3n) is 3.73. The van der Waals surface area contributed by atoms with E-state index in [2.05, 4.69) is 5.32 Å². The molecule has 7 nitrogen and oxygen atoms in total. The fourth-order valence-corrected chi connectivity index (χ4v) is 4.17. The molecule has 0 saturated heterocycles. The Labute approximate surface area is 135 Å². The number of thiophene rings is 1. The number of benzene rings is 1. The third kappa shape index (κ3) is 2.57. The number of carbonyl (C=O) groups excluding carboxylic acids is 2. The van der Waals surface area contributed by atoms with Crippen molar-refractivity contribution in [1.82, 2.24) is 0 Å². The van der Waals surface area contributed by atoms with Crippen molar-refractivity contribution in [1.29, 1.82) is 0 Å². The fraction of sp³-hybridized carbons (Fsp3) is 0.200. The van der Waals surface area contributed by atoms with Crippen LogP contribution in [0.25, 0.3) is 10.4 Å². The first-order chi connectivity index (χ1) is 10.9. The molecule has 1 aliphatic rings. The van der Waals surface area contributed by atoms with Gasteiger partial charge < -0.3 is 11.1 Å². The quantitative estimate of drug-likeness (QED) is 0.664. The first-order valence-corrected chi connectivity index (χ1v) is 7.71. The van der Waals surface area contributed by atoms with Crippen molar-refractivity contribution in [2.75, 3.05) is 5.32 Å². The SMILES string of the molecule is CC(=O)Nc1sc2c(c1C(N)=O)CCc1cc([N+](=O)[O-])ccc1-2. The minimum Gasteiger partial charge on any atom is -0.365 e. The molecule has 23 heavy (non-hydrogen) atoms. The summed E-state index contributed by atoms with van der Waals surface area (Å²) in [5, 5.41) is 14.0. The van der Waals surface area contributed by atoms with Gasteiger partial charge in [-0.2, -0.15) is 0 Å². The minimum atomic E-state index is -0.586. The maximum absolute atomic E-state index is 11.8. The molecule has 1 aromatic heterocycles. The Balaban J connectivity index is 2.17. The van der Waals surface area contributed by atoms with Gasteiger partial charge in [-0.1, -0.05) is 0 Å². The molecule has 0 bridgehead atoms.